The number of hydrogen-bond acceptors (Lipinski definition) is 2. The predicted molar refractivity (Wildman–Crippen MR) is 91.3 cm³/mol. The first-order chi connectivity index (χ1) is 11.0. The molecule has 0 aliphatic carbocycles. The van der Waals surface area contributed by atoms with Crippen LogP contribution in [0.4, 0.5) is 0 Å². The maximum Gasteiger partial charge on any atom is 0.326 e. The zero-order valence-electron chi connectivity index (χ0n) is 13.6. The van der Waals surface area contributed by atoms with E-state index in [4.69, 9.17) is 0 Å². The van der Waals surface area contributed by atoms with Crippen molar-refractivity contribution in [2.75, 3.05) is 0 Å². The van der Waals surface area contributed by atoms with E-state index in [-0.39, 0.29) is 18.2 Å². The van der Waals surface area contributed by atoms with Crippen LogP contribution in [0.3, 0.4) is 0 Å². The molecule has 4 nitrogen and oxygen atoms in total. The topological polar surface area (TPSA) is 66.4 Å². The van der Waals surface area contributed by atoms with Crippen LogP contribution in [0.1, 0.15) is 32.3 Å². The summed E-state index contributed by atoms with van der Waals surface area (Å²) >= 11 is 0. The Bertz CT molecular complexity index is 691. The minimum Gasteiger partial charge on any atom is -0.480 e. The van der Waals surface area contributed by atoms with E-state index < -0.39 is 12.0 Å². The van der Waals surface area contributed by atoms with E-state index >= 15 is 0 Å². The van der Waals surface area contributed by atoms with Gasteiger partial charge in [0.1, 0.15) is 6.04 Å². The van der Waals surface area contributed by atoms with Gasteiger partial charge < -0.3 is 10.4 Å². The highest BCUT2D eigenvalue weighted by atomic mass is 16.4. The lowest BCUT2D eigenvalue weighted by Crippen LogP contribution is -2.42. The molecule has 0 saturated heterocycles. The number of fused-ring (bicyclic) bond motifs is 1. The number of hydrogen-bond donors (Lipinski definition) is 2. The molecular formula is C19H23NO3. The molecule has 2 aromatic carbocycles. The van der Waals surface area contributed by atoms with Crippen LogP contribution in [0.5, 0.6) is 0 Å². The molecule has 2 aromatic rings. The molecular weight excluding hydrogens is 290 g/mol. The van der Waals surface area contributed by atoms with Gasteiger partial charge in [-0.1, -0.05) is 62.7 Å². The number of carboxylic acid groups (broad SMARTS) is 1. The van der Waals surface area contributed by atoms with Gasteiger partial charge in [-0.2, -0.15) is 0 Å². The number of rotatable bonds is 7. The molecule has 2 N–H and O–H groups in total. The standard InChI is InChI=1S/C19H23NO3/c1-3-13(2)11-18(21)20-17(19(22)23)12-15-9-6-8-14-7-4-5-10-16(14)15/h4-10,13,17H,3,11-12H2,1-2H3,(H,20,21)(H,22,23). The summed E-state index contributed by atoms with van der Waals surface area (Å²) < 4.78 is 0. The van der Waals surface area contributed by atoms with E-state index in [2.05, 4.69) is 5.32 Å². The van der Waals surface area contributed by atoms with E-state index in [1.807, 2.05) is 56.3 Å². The van der Waals surface area contributed by atoms with E-state index in [0.717, 1.165) is 22.8 Å². The second-order valence-electron chi connectivity index (χ2n) is 6.02. The normalized spacial score (nSPS) is 13.5. The number of carboxylic acids is 1. The average molecular weight is 313 g/mol. The fourth-order valence-electron chi connectivity index (χ4n) is 2.60. The van der Waals surface area contributed by atoms with Crippen LogP contribution in [0, 0.1) is 5.92 Å². The Balaban J connectivity index is 2.16. The zero-order chi connectivity index (χ0) is 16.8. The van der Waals surface area contributed by atoms with Crippen molar-refractivity contribution in [1.82, 2.24) is 5.32 Å². The first-order valence-corrected chi connectivity index (χ1v) is 8.00. The Hall–Kier alpha value is -2.36. The molecule has 2 rings (SSSR count). The third kappa shape index (κ3) is 4.55. The molecule has 0 saturated carbocycles. The molecule has 1 amide bonds. The molecule has 0 aliphatic heterocycles. The fraction of sp³-hybridized carbons (Fsp3) is 0.368. The molecule has 0 spiro atoms. The van der Waals surface area contributed by atoms with Crippen LogP contribution in [0.2, 0.25) is 0 Å². The van der Waals surface area contributed by atoms with Gasteiger partial charge in [0.2, 0.25) is 5.91 Å². The van der Waals surface area contributed by atoms with E-state index in [0.29, 0.717) is 6.42 Å². The van der Waals surface area contributed by atoms with Gasteiger partial charge in [-0.05, 0) is 22.3 Å². The first kappa shape index (κ1) is 17.0. The highest BCUT2D eigenvalue weighted by Crippen LogP contribution is 2.20. The molecule has 0 fully saturated rings. The highest BCUT2D eigenvalue weighted by Gasteiger charge is 2.21. The van der Waals surface area contributed by atoms with Gasteiger partial charge in [-0.25, -0.2) is 4.79 Å². The molecule has 0 aliphatic rings. The Morgan fingerprint density at radius 3 is 2.52 bits per heavy atom. The van der Waals surface area contributed by atoms with Gasteiger partial charge in [-0.15, -0.1) is 0 Å². The molecule has 2 atom stereocenters. The Kier molecular flexibility index (Phi) is 5.74. The van der Waals surface area contributed by atoms with Crippen molar-refractivity contribution in [3.05, 3.63) is 48.0 Å². The second kappa shape index (κ2) is 7.77. The van der Waals surface area contributed by atoms with Crippen molar-refractivity contribution in [3.63, 3.8) is 0 Å². The van der Waals surface area contributed by atoms with Gasteiger partial charge >= 0.3 is 5.97 Å². The average Bonchev–Trinajstić information content (AvgIpc) is 2.54. The summed E-state index contributed by atoms with van der Waals surface area (Å²) in [5.41, 5.74) is 0.930. The molecule has 0 radical (unpaired) electrons. The third-order valence-corrected chi connectivity index (χ3v) is 4.17. The van der Waals surface area contributed by atoms with E-state index in [9.17, 15) is 14.7 Å². The Morgan fingerprint density at radius 2 is 1.83 bits per heavy atom. The van der Waals surface area contributed by atoms with Crippen LogP contribution in [-0.2, 0) is 16.0 Å². The number of carbonyl (C=O) groups excluding carboxylic acids is 1. The molecule has 122 valence electrons. The predicted octanol–water partition coefficient (Wildman–Crippen LogP) is 3.39. The van der Waals surface area contributed by atoms with Gasteiger partial charge in [0.15, 0.2) is 0 Å². The van der Waals surface area contributed by atoms with Crippen molar-refractivity contribution in [1.29, 1.82) is 0 Å². The lowest BCUT2D eigenvalue weighted by molar-refractivity contribution is -0.141. The van der Waals surface area contributed by atoms with Crippen LogP contribution < -0.4 is 5.32 Å². The van der Waals surface area contributed by atoms with Gasteiger partial charge in [0.25, 0.3) is 0 Å². The maximum absolute atomic E-state index is 12.0. The van der Waals surface area contributed by atoms with E-state index in [1.165, 1.54) is 0 Å². The number of amides is 1. The summed E-state index contributed by atoms with van der Waals surface area (Å²) in [5.74, 6) is -0.954. The summed E-state index contributed by atoms with van der Waals surface area (Å²) in [6, 6.07) is 12.8. The van der Waals surface area contributed by atoms with Crippen molar-refractivity contribution in [2.45, 2.75) is 39.2 Å². The number of aliphatic carboxylic acids is 1. The number of carbonyl (C=O) groups is 2. The van der Waals surface area contributed by atoms with Crippen LogP contribution >= 0.6 is 0 Å². The minimum atomic E-state index is -1.00. The van der Waals surface area contributed by atoms with Crippen molar-refractivity contribution in [2.24, 2.45) is 5.92 Å². The smallest absolute Gasteiger partial charge is 0.326 e. The molecule has 0 heterocycles. The van der Waals surface area contributed by atoms with E-state index in [1.54, 1.807) is 0 Å². The lowest BCUT2D eigenvalue weighted by Gasteiger charge is -2.17. The minimum absolute atomic E-state index is 0.202. The highest BCUT2D eigenvalue weighted by molar-refractivity contribution is 5.88. The summed E-state index contributed by atoms with van der Waals surface area (Å²) in [4.78, 5) is 23.5. The molecule has 2 unspecified atom stereocenters. The van der Waals surface area contributed by atoms with Crippen LogP contribution in [0.15, 0.2) is 42.5 Å². The Morgan fingerprint density at radius 1 is 1.13 bits per heavy atom. The monoisotopic (exact) mass is 313 g/mol. The third-order valence-electron chi connectivity index (χ3n) is 4.17. The second-order valence-corrected chi connectivity index (χ2v) is 6.02. The largest absolute Gasteiger partial charge is 0.480 e. The SMILES string of the molecule is CCC(C)CC(=O)NC(Cc1cccc2ccccc12)C(=O)O. The molecule has 0 aromatic heterocycles. The van der Waals surface area contributed by atoms with Crippen molar-refractivity contribution < 1.29 is 14.7 Å². The zero-order valence-corrected chi connectivity index (χ0v) is 13.6. The summed E-state index contributed by atoms with van der Waals surface area (Å²) in [7, 11) is 0. The van der Waals surface area contributed by atoms with Crippen molar-refractivity contribution in [3.8, 4) is 0 Å². The lowest BCUT2D eigenvalue weighted by atomic mass is 9.98. The van der Waals surface area contributed by atoms with Crippen molar-refractivity contribution >= 4 is 22.6 Å². The first-order valence-electron chi connectivity index (χ1n) is 8.00. The summed E-state index contributed by atoms with van der Waals surface area (Å²) in [6.45, 7) is 4.00. The van der Waals surface area contributed by atoms with Crippen LogP contribution in [0.25, 0.3) is 10.8 Å². The molecule has 0 bridgehead atoms. The fourth-order valence-corrected chi connectivity index (χ4v) is 2.60. The molecule has 4 heteroatoms. The van der Waals surface area contributed by atoms with Gasteiger partial charge in [-0.3, -0.25) is 4.79 Å². The quantitative estimate of drug-likeness (QED) is 0.823. The molecule has 23 heavy (non-hydrogen) atoms. The Labute approximate surface area is 136 Å². The van der Waals surface area contributed by atoms with Gasteiger partial charge in [0, 0.05) is 12.8 Å². The summed E-state index contributed by atoms with van der Waals surface area (Å²) in [5, 5.41) is 14.2. The number of benzene rings is 2. The van der Waals surface area contributed by atoms with Gasteiger partial charge in [0.05, 0.1) is 0 Å². The summed E-state index contributed by atoms with van der Waals surface area (Å²) in [6.07, 6.45) is 1.53. The number of nitrogens with one attached hydrogen (secondary N) is 1. The van der Waals surface area contributed by atoms with Crippen LogP contribution in [-0.4, -0.2) is 23.0 Å². The maximum atomic E-state index is 12.0.